The number of aromatic nitrogens is 3. The van der Waals surface area contributed by atoms with Gasteiger partial charge in [-0.15, -0.1) is 0 Å². The quantitative estimate of drug-likeness (QED) is 0.806. The zero-order chi connectivity index (χ0) is 12.6. The minimum atomic E-state index is 0.379. The molecule has 0 aliphatic rings. The molecule has 0 spiro atoms. The van der Waals surface area contributed by atoms with E-state index in [9.17, 15) is 0 Å². The SMILES string of the molecule is CCc1nn(C(C)C)c2ccc(C(C)C)nc12. The van der Waals surface area contributed by atoms with Crippen LogP contribution in [0.2, 0.25) is 0 Å². The van der Waals surface area contributed by atoms with Gasteiger partial charge in [-0.25, -0.2) is 4.98 Å². The zero-order valence-electron chi connectivity index (χ0n) is 11.4. The van der Waals surface area contributed by atoms with Crippen molar-refractivity contribution in [2.24, 2.45) is 0 Å². The molecule has 0 radical (unpaired) electrons. The maximum Gasteiger partial charge on any atom is 0.112 e. The molecule has 92 valence electrons. The largest absolute Gasteiger partial charge is 0.260 e. The molecule has 0 bridgehead atoms. The Hall–Kier alpha value is -1.38. The number of hydrogen-bond acceptors (Lipinski definition) is 2. The van der Waals surface area contributed by atoms with Gasteiger partial charge < -0.3 is 0 Å². The Morgan fingerprint density at radius 1 is 1.18 bits per heavy atom. The molecule has 2 aromatic rings. The summed E-state index contributed by atoms with van der Waals surface area (Å²) in [4.78, 5) is 4.77. The van der Waals surface area contributed by atoms with E-state index < -0.39 is 0 Å². The number of nitrogens with zero attached hydrogens (tertiary/aromatic N) is 3. The lowest BCUT2D eigenvalue weighted by molar-refractivity contribution is 0.544. The third-order valence-corrected chi connectivity index (χ3v) is 3.06. The summed E-state index contributed by atoms with van der Waals surface area (Å²) in [6.07, 6.45) is 0.935. The Morgan fingerprint density at radius 3 is 2.41 bits per heavy atom. The van der Waals surface area contributed by atoms with Crippen molar-refractivity contribution in [1.82, 2.24) is 14.8 Å². The molecule has 2 rings (SSSR count). The molecule has 0 saturated carbocycles. The summed E-state index contributed by atoms with van der Waals surface area (Å²) in [5.41, 5.74) is 4.49. The molecular weight excluding hydrogens is 210 g/mol. The van der Waals surface area contributed by atoms with Crippen LogP contribution in [-0.4, -0.2) is 14.8 Å². The van der Waals surface area contributed by atoms with Crippen LogP contribution in [0, 0.1) is 0 Å². The molecule has 0 aliphatic carbocycles. The van der Waals surface area contributed by atoms with Gasteiger partial charge in [0.2, 0.25) is 0 Å². The lowest BCUT2D eigenvalue weighted by Gasteiger charge is -2.08. The second kappa shape index (κ2) is 4.47. The smallest absolute Gasteiger partial charge is 0.112 e. The molecule has 0 aliphatic heterocycles. The van der Waals surface area contributed by atoms with Crippen molar-refractivity contribution in [3.63, 3.8) is 0 Å². The summed E-state index contributed by atoms with van der Waals surface area (Å²) in [5.74, 6) is 0.464. The van der Waals surface area contributed by atoms with Gasteiger partial charge in [-0.3, -0.25) is 4.68 Å². The maximum absolute atomic E-state index is 4.77. The Bertz CT molecular complexity index is 523. The number of hydrogen-bond donors (Lipinski definition) is 0. The van der Waals surface area contributed by atoms with Crippen LogP contribution >= 0.6 is 0 Å². The highest BCUT2D eigenvalue weighted by molar-refractivity contribution is 5.78. The van der Waals surface area contributed by atoms with E-state index in [1.54, 1.807) is 0 Å². The van der Waals surface area contributed by atoms with Crippen LogP contribution in [0.5, 0.6) is 0 Å². The van der Waals surface area contributed by atoms with E-state index in [2.05, 4.69) is 56.5 Å². The van der Waals surface area contributed by atoms with Gasteiger partial charge >= 0.3 is 0 Å². The third-order valence-electron chi connectivity index (χ3n) is 3.06. The molecule has 0 amide bonds. The molecule has 2 aromatic heterocycles. The van der Waals surface area contributed by atoms with Crippen LogP contribution in [0.15, 0.2) is 12.1 Å². The standard InChI is InChI=1S/C14H21N3/c1-6-11-14-13(17(16-11)10(4)5)8-7-12(15-14)9(2)3/h7-10H,6H2,1-5H3. The molecule has 0 N–H and O–H groups in total. The monoisotopic (exact) mass is 231 g/mol. The van der Waals surface area contributed by atoms with E-state index in [-0.39, 0.29) is 0 Å². The van der Waals surface area contributed by atoms with E-state index in [0.29, 0.717) is 12.0 Å². The van der Waals surface area contributed by atoms with Crippen molar-refractivity contribution in [2.75, 3.05) is 0 Å². The van der Waals surface area contributed by atoms with Gasteiger partial charge in [0.05, 0.1) is 11.2 Å². The highest BCUT2D eigenvalue weighted by atomic mass is 15.3. The summed E-state index contributed by atoms with van der Waals surface area (Å²) in [5, 5.41) is 4.66. The summed E-state index contributed by atoms with van der Waals surface area (Å²) in [6, 6.07) is 4.65. The lowest BCUT2D eigenvalue weighted by atomic mass is 10.1. The van der Waals surface area contributed by atoms with Crippen LogP contribution in [0.3, 0.4) is 0 Å². The van der Waals surface area contributed by atoms with Gasteiger partial charge in [0.25, 0.3) is 0 Å². The fraction of sp³-hybridized carbons (Fsp3) is 0.571. The van der Waals surface area contributed by atoms with Crippen molar-refractivity contribution in [3.05, 3.63) is 23.5 Å². The maximum atomic E-state index is 4.77. The van der Waals surface area contributed by atoms with Crippen LogP contribution in [0.4, 0.5) is 0 Å². The van der Waals surface area contributed by atoms with E-state index in [1.165, 1.54) is 0 Å². The van der Waals surface area contributed by atoms with Crippen LogP contribution in [-0.2, 0) is 6.42 Å². The normalized spacial score (nSPS) is 11.9. The van der Waals surface area contributed by atoms with Gasteiger partial charge in [-0.05, 0) is 38.3 Å². The minimum Gasteiger partial charge on any atom is -0.260 e. The van der Waals surface area contributed by atoms with E-state index >= 15 is 0 Å². The van der Waals surface area contributed by atoms with Gasteiger partial charge in [0.15, 0.2) is 0 Å². The highest BCUT2D eigenvalue weighted by Crippen LogP contribution is 2.23. The molecular formula is C14H21N3. The second-order valence-electron chi connectivity index (χ2n) is 5.10. The zero-order valence-corrected chi connectivity index (χ0v) is 11.4. The Kier molecular flexibility index (Phi) is 3.18. The predicted molar refractivity (Wildman–Crippen MR) is 71.4 cm³/mol. The summed E-state index contributed by atoms with van der Waals surface area (Å²) < 4.78 is 2.07. The Balaban J connectivity index is 2.68. The van der Waals surface area contributed by atoms with E-state index in [1.807, 2.05) is 0 Å². The molecule has 0 unspecified atom stereocenters. The van der Waals surface area contributed by atoms with Gasteiger partial charge in [-0.2, -0.15) is 5.10 Å². The number of rotatable bonds is 3. The highest BCUT2D eigenvalue weighted by Gasteiger charge is 2.13. The molecule has 0 saturated heterocycles. The predicted octanol–water partition coefficient (Wildman–Crippen LogP) is 3.70. The summed E-state index contributed by atoms with van der Waals surface area (Å²) >= 11 is 0. The van der Waals surface area contributed by atoms with E-state index in [0.717, 1.165) is 28.8 Å². The first-order chi connectivity index (χ1) is 8.04. The fourth-order valence-corrected chi connectivity index (χ4v) is 2.05. The number of aryl methyl sites for hydroxylation is 1. The molecule has 17 heavy (non-hydrogen) atoms. The fourth-order valence-electron chi connectivity index (χ4n) is 2.05. The van der Waals surface area contributed by atoms with Crippen molar-refractivity contribution in [1.29, 1.82) is 0 Å². The average Bonchev–Trinajstić information content (AvgIpc) is 2.66. The first-order valence-corrected chi connectivity index (χ1v) is 6.42. The Labute approximate surface area is 103 Å². The molecule has 3 nitrogen and oxygen atoms in total. The molecule has 0 atom stereocenters. The van der Waals surface area contributed by atoms with Crippen molar-refractivity contribution in [2.45, 2.75) is 53.0 Å². The summed E-state index contributed by atoms with van der Waals surface area (Å²) in [7, 11) is 0. The van der Waals surface area contributed by atoms with Crippen LogP contribution in [0.1, 0.15) is 58.0 Å². The van der Waals surface area contributed by atoms with E-state index in [4.69, 9.17) is 4.98 Å². The third kappa shape index (κ3) is 2.06. The first kappa shape index (κ1) is 12.1. The van der Waals surface area contributed by atoms with Gasteiger partial charge in [-0.1, -0.05) is 20.8 Å². The average molecular weight is 231 g/mol. The lowest BCUT2D eigenvalue weighted by Crippen LogP contribution is -2.03. The van der Waals surface area contributed by atoms with Gasteiger partial charge in [0.1, 0.15) is 5.52 Å². The van der Waals surface area contributed by atoms with Crippen LogP contribution in [0.25, 0.3) is 11.0 Å². The minimum absolute atomic E-state index is 0.379. The number of fused-ring (bicyclic) bond motifs is 1. The number of pyridine rings is 1. The van der Waals surface area contributed by atoms with Crippen molar-refractivity contribution in [3.8, 4) is 0 Å². The topological polar surface area (TPSA) is 30.7 Å². The van der Waals surface area contributed by atoms with Crippen LogP contribution < -0.4 is 0 Å². The summed E-state index contributed by atoms with van der Waals surface area (Å²) in [6.45, 7) is 10.8. The molecule has 2 heterocycles. The van der Waals surface area contributed by atoms with Crippen molar-refractivity contribution >= 4 is 11.0 Å². The van der Waals surface area contributed by atoms with Gasteiger partial charge in [0, 0.05) is 11.7 Å². The second-order valence-corrected chi connectivity index (χ2v) is 5.10. The molecule has 0 aromatic carbocycles. The molecule has 0 fully saturated rings. The first-order valence-electron chi connectivity index (χ1n) is 6.42. The molecule has 3 heteroatoms. The Morgan fingerprint density at radius 2 is 1.88 bits per heavy atom. The van der Waals surface area contributed by atoms with Crippen molar-refractivity contribution < 1.29 is 0 Å².